The first-order valence-electron chi connectivity index (χ1n) is 10.9. The predicted molar refractivity (Wildman–Crippen MR) is 130 cm³/mol. The lowest BCUT2D eigenvalue weighted by molar-refractivity contribution is -0.133. The van der Waals surface area contributed by atoms with Gasteiger partial charge < -0.3 is 20.3 Å². The molecule has 0 radical (unpaired) electrons. The van der Waals surface area contributed by atoms with Gasteiger partial charge >= 0.3 is 0 Å². The molecule has 2 rings (SSSR count). The van der Waals surface area contributed by atoms with Crippen molar-refractivity contribution < 1.29 is 9.53 Å². The number of rotatable bonds is 10. The predicted octanol–water partition coefficient (Wildman–Crippen LogP) is 2.31. The number of carbonyl (C=O) groups is 1. The molecule has 0 aromatic heterocycles. The number of nitrogens with zero attached hydrogens (tertiary/aromatic N) is 3. The minimum absolute atomic E-state index is 0. The number of likely N-dealkylation sites (N-methyl/N-ethyl adjacent to an activating group) is 1. The number of methoxy groups -OCH3 is 1. The molecule has 0 aromatic rings. The molecule has 7 nitrogen and oxygen atoms in total. The second-order valence-corrected chi connectivity index (χ2v) is 8.58. The summed E-state index contributed by atoms with van der Waals surface area (Å²) in [6.07, 6.45) is 9.41. The van der Waals surface area contributed by atoms with Crippen molar-refractivity contribution in [2.75, 3.05) is 61.0 Å². The molecule has 1 heterocycles. The standard InChI is InChI=1S/C21H41N5O2.HI/c1-22-20(24-17-21(12-16-28-4)10-5-6-11-21)23-13-8-15-26-14-7-9-18(26)19(27)25(2)3;/h18H,5-17H2,1-4H3,(H2,22,23,24);1H. The zero-order valence-electron chi connectivity index (χ0n) is 18.8. The molecule has 1 aliphatic heterocycles. The van der Waals surface area contributed by atoms with Crippen molar-refractivity contribution in [3.8, 4) is 0 Å². The quantitative estimate of drug-likeness (QED) is 0.199. The van der Waals surface area contributed by atoms with Gasteiger partial charge in [0, 0.05) is 54.5 Å². The molecule has 1 atom stereocenters. The molecule has 0 bridgehead atoms. The maximum absolute atomic E-state index is 12.3. The summed E-state index contributed by atoms with van der Waals surface area (Å²) in [5.41, 5.74) is 0.350. The molecule has 0 aromatic carbocycles. The number of halogens is 1. The number of carbonyl (C=O) groups excluding carboxylic acids is 1. The van der Waals surface area contributed by atoms with Crippen LogP contribution in [0.1, 0.15) is 51.4 Å². The largest absolute Gasteiger partial charge is 0.385 e. The van der Waals surface area contributed by atoms with Crippen molar-refractivity contribution >= 4 is 35.8 Å². The van der Waals surface area contributed by atoms with E-state index >= 15 is 0 Å². The minimum Gasteiger partial charge on any atom is -0.385 e. The van der Waals surface area contributed by atoms with Gasteiger partial charge in [0.1, 0.15) is 0 Å². The molecule has 1 saturated heterocycles. The van der Waals surface area contributed by atoms with Crippen molar-refractivity contribution in [1.29, 1.82) is 0 Å². The lowest BCUT2D eigenvalue weighted by Crippen LogP contribution is -2.45. The summed E-state index contributed by atoms with van der Waals surface area (Å²) < 4.78 is 5.32. The number of amides is 1. The normalized spacial score (nSPS) is 21.7. The van der Waals surface area contributed by atoms with E-state index in [1.54, 1.807) is 12.0 Å². The molecule has 2 fully saturated rings. The number of ether oxygens (including phenoxy) is 1. The van der Waals surface area contributed by atoms with Gasteiger partial charge in [0.15, 0.2) is 5.96 Å². The monoisotopic (exact) mass is 523 g/mol. The number of nitrogens with one attached hydrogen (secondary N) is 2. The Morgan fingerprint density at radius 1 is 1.24 bits per heavy atom. The Hall–Kier alpha value is -0.610. The van der Waals surface area contributed by atoms with Crippen LogP contribution in [0.5, 0.6) is 0 Å². The molecule has 1 amide bonds. The van der Waals surface area contributed by atoms with Crippen molar-refractivity contribution in [3.05, 3.63) is 0 Å². The lowest BCUT2D eigenvalue weighted by Gasteiger charge is -2.30. The average molecular weight is 524 g/mol. The van der Waals surface area contributed by atoms with E-state index in [4.69, 9.17) is 4.74 Å². The van der Waals surface area contributed by atoms with Crippen LogP contribution in [0.15, 0.2) is 4.99 Å². The molecule has 8 heteroatoms. The van der Waals surface area contributed by atoms with Crippen LogP contribution in [0.2, 0.25) is 0 Å². The highest BCUT2D eigenvalue weighted by Gasteiger charge is 2.33. The zero-order chi connectivity index (χ0) is 20.4. The van der Waals surface area contributed by atoms with Crippen molar-refractivity contribution in [3.63, 3.8) is 0 Å². The topological polar surface area (TPSA) is 69.2 Å². The fourth-order valence-corrected chi connectivity index (χ4v) is 4.61. The van der Waals surface area contributed by atoms with Crippen LogP contribution in [-0.2, 0) is 9.53 Å². The van der Waals surface area contributed by atoms with E-state index < -0.39 is 0 Å². The fourth-order valence-electron chi connectivity index (χ4n) is 4.61. The number of likely N-dealkylation sites (tertiary alicyclic amines) is 1. The summed E-state index contributed by atoms with van der Waals surface area (Å²) in [7, 11) is 7.31. The average Bonchev–Trinajstić information content (AvgIpc) is 3.35. The summed E-state index contributed by atoms with van der Waals surface area (Å²) in [5.74, 6) is 1.12. The zero-order valence-corrected chi connectivity index (χ0v) is 21.2. The smallest absolute Gasteiger partial charge is 0.239 e. The van der Waals surface area contributed by atoms with E-state index in [-0.39, 0.29) is 35.9 Å². The van der Waals surface area contributed by atoms with Crippen LogP contribution in [-0.4, -0.2) is 88.7 Å². The van der Waals surface area contributed by atoms with E-state index in [1.807, 2.05) is 21.1 Å². The summed E-state index contributed by atoms with van der Waals surface area (Å²) in [5, 5.41) is 6.98. The maximum atomic E-state index is 12.3. The van der Waals surface area contributed by atoms with E-state index in [9.17, 15) is 4.79 Å². The highest BCUT2D eigenvalue weighted by atomic mass is 127. The molecule has 1 aliphatic carbocycles. The van der Waals surface area contributed by atoms with Crippen molar-refractivity contribution in [1.82, 2.24) is 20.4 Å². The third kappa shape index (κ3) is 8.20. The van der Waals surface area contributed by atoms with Gasteiger partial charge in [0.05, 0.1) is 6.04 Å². The van der Waals surface area contributed by atoms with Crippen LogP contribution < -0.4 is 10.6 Å². The molecule has 0 spiro atoms. The fraction of sp³-hybridized carbons (Fsp3) is 0.905. The van der Waals surface area contributed by atoms with Crippen LogP contribution in [0.3, 0.4) is 0 Å². The Bertz CT molecular complexity index is 509. The molecular formula is C21H42IN5O2. The second-order valence-electron chi connectivity index (χ2n) is 8.58. The van der Waals surface area contributed by atoms with Gasteiger partial charge in [-0.1, -0.05) is 12.8 Å². The molecule has 1 unspecified atom stereocenters. The van der Waals surface area contributed by atoms with Gasteiger partial charge in [-0.25, -0.2) is 0 Å². The Labute approximate surface area is 194 Å². The summed E-state index contributed by atoms with van der Waals surface area (Å²) in [6.45, 7) is 4.63. The van der Waals surface area contributed by atoms with Gasteiger partial charge in [0.2, 0.25) is 5.91 Å². The highest BCUT2D eigenvalue weighted by molar-refractivity contribution is 14.0. The number of hydrogen-bond acceptors (Lipinski definition) is 4. The molecule has 29 heavy (non-hydrogen) atoms. The molecule has 1 saturated carbocycles. The van der Waals surface area contributed by atoms with Crippen molar-refractivity contribution in [2.45, 2.75) is 57.4 Å². The third-order valence-corrected chi connectivity index (χ3v) is 6.36. The van der Waals surface area contributed by atoms with Crippen LogP contribution in [0, 0.1) is 5.41 Å². The molecule has 2 N–H and O–H groups in total. The summed E-state index contributed by atoms with van der Waals surface area (Å²) >= 11 is 0. The minimum atomic E-state index is 0. The highest BCUT2D eigenvalue weighted by Crippen LogP contribution is 2.40. The Morgan fingerprint density at radius 3 is 2.59 bits per heavy atom. The summed E-state index contributed by atoms with van der Waals surface area (Å²) in [6, 6.07) is 0.0652. The van der Waals surface area contributed by atoms with E-state index in [1.165, 1.54) is 25.7 Å². The Kier molecular flexibility index (Phi) is 12.4. The lowest BCUT2D eigenvalue weighted by atomic mass is 9.83. The second kappa shape index (κ2) is 13.6. The SMILES string of the molecule is CN=C(NCCCN1CCCC1C(=O)N(C)C)NCC1(CCOC)CCCC1.I. The number of guanidine groups is 1. The third-order valence-electron chi connectivity index (χ3n) is 6.36. The van der Waals surface area contributed by atoms with E-state index in [2.05, 4.69) is 20.5 Å². The molecule has 170 valence electrons. The maximum Gasteiger partial charge on any atom is 0.239 e. The van der Waals surface area contributed by atoms with Gasteiger partial charge in [-0.05, 0) is 50.5 Å². The number of hydrogen-bond donors (Lipinski definition) is 2. The van der Waals surface area contributed by atoms with Gasteiger partial charge in [-0.15, -0.1) is 24.0 Å². The first-order valence-corrected chi connectivity index (χ1v) is 10.9. The van der Waals surface area contributed by atoms with Crippen molar-refractivity contribution in [2.24, 2.45) is 10.4 Å². The molecule has 2 aliphatic rings. The Balaban J connectivity index is 0.00000420. The first-order chi connectivity index (χ1) is 13.5. The number of aliphatic imine (C=N–C) groups is 1. The molecular weight excluding hydrogens is 481 g/mol. The first kappa shape index (κ1) is 26.4. The van der Waals surface area contributed by atoms with Crippen LogP contribution >= 0.6 is 24.0 Å². The van der Waals surface area contributed by atoms with E-state index in [0.717, 1.165) is 64.4 Å². The van der Waals surface area contributed by atoms with Gasteiger partial charge in [-0.2, -0.15) is 0 Å². The van der Waals surface area contributed by atoms with Gasteiger partial charge in [-0.3, -0.25) is 14.7 Å². The van der Waals surface area contributed by atoms with Crippen LogP contribution in [0.4, 0.5) is 0 Å². The Morgan fingerprint density at radius 2 is 1.97 bits per heavy atom. The van der Waals surface area contributed by atoms with Crippen LogP contribution in [0.25, 0.3) is 0 Å². The summed E-state index contributed by atoms with van der Waals surface area (Å²) in [4.78, 5) is 20.7. The van der Waals surface area contributed by atoms with E-state index in [0.29, 0.717) is 5.41 Å². The van der Waals surface area contributed by atoms with Gasteiger partial charge in [0.25, 0.3) is 0 Å².